The maximum Gasteiger partial charge on any atom is 0.132 e. The average Bonchev–Trinajstić information content (AvgIpc) is 3.52. The number of pyridine rings is 1. The molecule has 2 heterocycles. The van der Waals surface area contributed by atoms with Gasteiger partial charge in [0.05, 0.1) is 0 Å². The minimum Gasteiger partial charge on any atom is -0.330 e. The molecule has 3 nitrogen and oxygen atoms in total. The lowest BCUT2D eigenvalue weighted by atomic mass is 9.51. The van der Waals surface area contributed by atoms with Gasteiger partial charge < -0.3 is 9.80 Å². The number of hydrogen-bond donors (Lipinski definition) is 0. The Morgan fingerprint density at radius 3 is 2.37 bits per heavy atom. The summed E-state index contributed by atoms with van der Waals surface area (Å²) in [6, 6.07) is 12.8. The Labute approximate surface area is 250 Å². The van der Waals surface area contributed by atoms with Crippen LogP contribution in [0.2, 0.25) is 0 Å². The Bertz CT molecular complexity index is 1200. The Morgan fingerprint density at radius 2 is 1.73 bits per heavy atom. The summed E-state index contributed by atoms with van der Waals surface area (Å²) in [5.41, 5.74) is 8.23. The molecule has 1 aromatic heterocycles. The number of rotatable bonds is 9. The molecule has 5 aliphatic rings. The first kappa shape index (κ1) is 29.0. The molecule has 0 spiro atoms. The van der Waals surface area contributed by atoms with Gasteiger partial charge in [0.15, 0.2) is 0 Å². The van der Waals surface area contributed by atoms with E-state index in [0.29, 0.717) is 28.7 Å². The van der Waals surface area contributed by atoms with E-state index in [9.17, 15) is 0 Å². The molecule has 2 bridgehead atoms. The van der Waals surface area contributed by atoms with Crippen molar-refractivity contribution in [2.45, 2.75) is 129 Å². The zero-order valence-electron chi connectivity index (χ0n) is 26.6. The van der Waals surface area contributed by atoms with Crippen molar-refractivity contribution in [1.82, 2.24) is 9.88 Å². The standard InChI is InChI=1S/C38H55N3/c1-6-31-12-13-35(24-29(31)4)38-19-16-37(17-20-38,18-21-38)27-41(30(5)32-10-8-7-9-11-32)36-25-33(14-22-39-36)34-15-23-40(26-34)28(2)3/h12-14,22,24-25,28,32,34H,5-11,15-21,23,26-27H2,1-4H3. The van der Waals surface area contributed by atoms with Gasteiger partial charge in [-0.05, 0) is 149 Å². The molecule has 0 radical (unpaired) electrons. The molecule has 41 heavy (non-hydrogen) atoms. The smallest absolute Gasteiger partial charge is 0.132 e. The molecule has 0 N–H and O–H groups in total. The summed E-state index contributed by atoms with van der Waals surface area (Å²) in [6.45, 7) is 17.6. The average molecular weight is 554 g/mol. The second-order valence-corrected chi connectivity index (χ2v) is 14.7. The molecule has 4 aliphatic carbocycles. The van der Waals surface area contributed by atoms with E-state index in [-0.39, 0.29) is 0 Å². The van der Waals surface area contributed by atoms with E-state index >= 15 is 0 Å². The highest BCUT2D eigenvalue weighted by Crippen LogP contribution is 2.58. The Hall–Kier alpha value is -2.13. The summed E-state index contributed by atoms with van der Waals surface area (Å²) in [4.78, 5) is 10.3. The number of likely N-dealkylation sites (tertiary alicyclic amines) is 1. The van der Waals surface area contributed by atoms with Crippen LogP contribution in [-0.2, 0) is 11.8 Å². The number of aromatic nitrogens is 1. The zero-order valence-corrected chi connectivity index (χ0v) is 26.6. The van der Waals surface area contributed by atoms with Crippen molar-refractivity contribution in [2.75, 3.05) is 24.5 Å². The van der Waals surface area contributed by atoms with Gasteiger partial charge in [-0.25, -0.2) is 4.98 Å². The monoisotopic (exact) mass is 553 g/mol. The summed E-state index contributed by atoms with van der Waals surface area (Å²) in [5.74, 6) is 2.40. The summed E-state index contributed by atoms with van der Waals surface area (Å²) < 4.78 is 0. The lowest BCUT2D eigenvalue weighted by Crippen LogP contribution is -2.49. The molecule has 2 aromatic rings. The lowest BCUT2D eigenvalue weighted by molar-refractivity contribution is 0.0459. The number of anilines is 1. The third-order valence-corrected chi connectivity index (χ3v) is 12.1. The van der Waals surface area contributed by atoms with Crippen molar-refractivity contribution in [3.8, 4) is 0 Å². The van der Waals surface area contributed by atoms with Crippen LogP contribution in [0.5, 0.6) is 0 Å². The second kappa shape index (κ2) is 11.9. The first-order valence-electron chi connectivity index (χ1n) is 17.1. The van der Waals surface area contributed by atoms with Crippen LogP contribution in [-0.4, -0.2) is 35.6 Å². The highest BCUT2D eigenvalue weighted by atomic mass is 15.2. The van der Waals surface area contributed by atoms with Crippen LogP contribution in [0.15, 0.2) is 48.8 Å². The van der Waals surface area contributed by atoms with Crippen LogP contribution in [0.4, 0.5) is 5.82 Å². The van der Waals surface area contributed by atoms with Crippen LogP contribution in [0.25, 0.3) is 0 Å². The molecule has 0 amide bonds. The summed E-state index contributed by atoms with van der Waals surface area (Å²) in [5, 5.41) is 0. The first-order valence-corrected chi connectivity index (χ1v) is 17.1. The molecule has 1 unspecified atom stereocenters. The molecule has 5 fully saturated rings. The molecular weight excluding hydrogens is 498 g/mol. The zero-order chi connectivity index (χ0) is 28.6. The van der Waals surface area contributed by atoms with E-state index in [4.69, 9.17) is 11.6 Å². The van der Waals surface area contributed by atoms with Gasteiger partial charge in [0.25, 0.3) is 0 Å². The molecule has 7 rings (SSSR count). The molecule has 222 valence electrons. The van der Waals surface area contributed by atoms with Crippen molar-refractivity contribution >= 4 is 5.82 Å². The van der Waals surface area contributed by atoms with E-state index in [1.54, 1.807) is 5.56 Å². The van der Waals surface area contributed by atoms with Crippen LogP contribution in [0, 0.1) is 18.3 Å². The van der Waals surface area contributed by atoms with E-state index in [2.05, 4.69) is 74.0 Å². The van der Waals surface area contributed by atoms with Crippen molar-refractivity contribution < 1.29 is 0 Å². The van der Waals surface area contributed by atoms with Gasteiger partial charge in [-0.2, -0.15) is 0 Å². The fraction of sp³-hybridized carbons (Fsp3) is 0.658. The number of benzene rings is 1. The number of hydrogen-bond acceptors (Lipinski definition) is 3. The summed E-state index contributed by atoms with van der Waals surface area (Å²) in [6.07, 6.45) is 19.2. The molecule has 4 saturated carbocycles. The molecular formula is C38H55N3. The van der Waals surface area contributed by atoms with Crippen LogP contribution in [0.3, 0.4) is 0 Å². The summed E-state index contributed by atoms with van der Waals surface area (Å²) >= 11 is 0. The molecule has 1 atom stereocenters. The Morgan fingerprint density at radius 1 is 1.00 bits per heavy atom. The minimum absolute atomic E-state index is 0.386. The van der Waals surface area contributed by atoms with E-state index in [1.165, 1.54) is 118 Å². The highest BCUT2D eigenvalue weighted by Gasteiger charge is 2.50. The van der Waals surface area contributed by atoms with Gasteiger partial charge in [-0.15, -0.1) is 0 Å². The first-order chi connectivity index (χ1) is 19.8. The fourth-order valence-electron chi connectivity index (χ4n) is 9.04. The number of aryl methyl sites for hydroxylation is 2. The molecule has 1 saturated heterocycles. The molecule has 3 heteroatoms. The van der Waals surface area contributed by atoms with Gasteiger partial charge in [0.1, 0.15) is 5.82 Å². The van der Waals surface area contributed by atoms with Crippen LogP contribution < -0.4 is 4.90 Å². The van der Waals surface area contributed by atoms with Crippen molar-refractivity contribution in [3.63, 3.8) is 0 Å². The fourth-order valence-corrected chi connectivity index (χ4v) is 9.04. The number of allylic oxidation sites excluding steroid dienone is 1. The maximum absolute atomic E-state index is 5.06. The molecule has 1 aliphatic heterocycles. The number of fused-ring (bicyclic) bond motifs is 3. The molecule has 1 aromatic carbocycles. The highest BCUT2D eigenvalue weighted by molar-refractivity contribution is 5.49. The van der Waals surface area contributed by atoms with Gasteiger partial charge in [0.2, 0.25) is 0 Å². The topological polar surface area (TPSA) is 19.4 Å². The largest absolute Gasteiger partial charge is 0.330 e. The van der Waals surface area contributed by atoms with Crippen LogP contribution in [0.1, 0.15) is 126 Å². The third kappa shape index (κ3) is 5.77. The predicted octanol–water partition coefficient (Wildman–Crippen LogP) is 9.34. The van der Waals surface area contributed by atoms with Crippen molar-refractivity contribution in [3.05, 3.63) is 71.1 Å². The van der Waals surface area contributed by atoms with Gasteiger partial charge in [-0.3, -0.25) is 0 Å². The van der Waals surface area contributed by atoms with Gasteiger partial charge in [0, 0.05) is 31.0 Å². The van der Waals surface area contributed by atoms with E-state index < -0.39 is 0 Å². The second-order valence-electron chi connectivity index (χ2n) is 14.7. The predicted molar refractivity (Wildman–Crippen MR) is 174 cm³/mol. The van der Waals surface area contributed by atoms with E-state index in [1.807, 2.05) is 0 Å². The van der Waals surface area contributed by atoms with E-state index in [0.717, 1.165) is 13.0 Å². The van der Waals surface area contributed by atoms with Gasteiger partial charge >= 0.3 is 0 Å². The lowest BCUT2D eigenvalue weighted by Gasteiger charge is -2.55. The Balaban J connectivity index is 1.23. The minimum atomic E-state index is 0.386. The Kier molecular flexibility index (Phi) is 8.38. The third-order valence-electron chi connectivity index (χ3n) is 12.1. The summed E-state index contributed by atoms with van der Waals surface area (Å²) in [7, 11) is 0. The quantitative estimate of drug-likeness (QED) is 0.308. The van der Waals surface area contributed by atoms with Gasteiger partial charge in [-0.1, -0.05) is 51.0 Å². The number of nitrogens with zero attached hydrogens (tertiary/aromatic N) is 3. The van der Waals surface area contributed by atoms with Crippen LogP contribution >= 0.6 is 0 Å². The maximum atomic E-state index is 5.06. The normalized spacial score (nSPS) is 28.9. The SMILES string of the molecule is C=C(C1CCCCC1)N(CC12CCC(c3ccc(CC)c(C)c3)(CC1)CC2)c1cc(C2CCN(C(C)C)C2)ccn1. The van der Waals surface area contributed by atoms with Crippen molar-refractivity contribution in [1.29, 1.82) is 0 Å². The van der Waals surface area contributed by atoms with Crippen molar-refractivity contribution in [2.24, 2.45) is 11.3 Å².